The Labute approximate surface area is 164 Å². The molecule has 0 saturated carbocycles. The molecule has 1 saturated heterocycles. The van der Waals surface area contributed by atoms with Crippen LogP contribution in [-0.2, 0) is 14.8 Å². The maximum absolute atomic E-state index is 13.7. The van der Waals surface area contributed by atoms with Gasteiger partial charge in [-0.3, -0.25) is 4.79 Å². The summed E-state index contributed by atoms with van der Waals surface area (Å²) in [5, 5.41) is 2.36. The first-order valence-electron chi connectivity index (χ1n) is 8.29. The molecular weight excluding hydrogens is 442 g/mol. The highest BCUT2D eigenvalue weighted by molar-refractivity contribution is 9.10. The number of piperidine rings is 1. The SMILES string of the molecule is O=C(Nc1cc(F)ccc1F)C1CCCN(S(=O)(=O)c2ccc(Br)cc2)C1. The smallest absolute Gasteiger partial charge is 0.243 e. The van der Waals surface area contributed by atoms with E-state index in [0.29, 0.717) is 19.4 Å². The van der Waals surface area contributed by atoms with Gasteiger partial charge < -0.3 is 5.32 Å². The quantitative estimate of drug-likeness (QED) is 0.758. The van der Waals surface area contributed by atoms with Crippen LogP contribution in [0, 0.1) is 17.6 Å². The first kappa shape index (κ1) is 19.9. The highest BCUT2D eigenvalue weighted by atomic mass is 79.9. The maximum Gasteiger partial charge on any atom is 0.243 e. The summed E-state index contributed by atoms with van der Waals surface area (Å²) in [5.41, 5.74) is -0.257. The highest BCUT2D eigenvalue weighted by Gasteiger charge is 2.33. The lowest BCUT2D eigenvalue weighted by molar-refractivity contribution is -0.120. The lowest BCUT2D eigenvalue weighted by Gasteiger charge is -2.31. The Morgan fingerprint density at radius 2 is 1.85 bits per heavy atom. The van der Waals surface area contributed by atoms with Crippen molar-refractivity contribution < 1.29 is 22.0 Å². The standard InChI is InChI=1S/C18H17BrF2N2O3S/c19-13-3-6-15(7-4-13)27(25,26)23-9-1-2-12(11-23)18(24)22-17-10-14(20)5-8-16(17)21/h3-8,10,12H,1-2,9,11H2,(H,22,24). The molecule has 1 fully saturated rings. The van der Waals surface area contributed by atoms with Crippen LogP contribution in [0.4, 0.5) is 14.5 Å². The Bertz CT molecular complexity index is 952. The normalized spacial score (nSPS) is 18.3. The number of benzene rings is 2. The van der Waals surface area contributed by atoms with Gasteiger partial charge in [0.15, 0.2) is 0 Å². The summed E-state index contributed by atoms with van der Waals surface area (Å²) < 4.78 is 54.6. The van der Waals surface area contributed by atoms with E-state index in [4.69, 9.17) is 0 Å². The van der Waals surface area contributed by atoms with E-state index in [0.717, 1.165) is 22.7 Å². The van der Waals surface area contributed by atoms with Gasteiger partial charge in [0, 0.05) is 23.6 Å². The zero-order valence-electron chi connectivity index (χ0n) is 14.2. The number of carbonyl (C=O) groups excluding carboxylic acids is 1. The van der Waals surface area contributed by atoms with E-state index in [2.05, 4.69) is 21.2 Å². The number of hydrogen-bond acceptors (Lipinski definition) is 3. The van der Waals surface area contributed by atoms with Gasteiger partial charge in [-0.1, -0.05) is 15.9 Å². The van der Waals surface area contributed by atoms with E-state index >= 15 is 0 Å². The molecule has 144 valence electrons. The van der Waals surface area contributed by atoms with Gasteiger partial charge in [-0.15, -0.1) is 0 Å². The zero-order valence-corrected chi connectivity index (χ0v) is 16.6. The minimum absolute atomic E-state index is 0.0127. The molecule has 0 spiro atoms. The summed E-state index contributed by atoms with van der Waals surface area (Å²) in [6.45, 7) is 0.289. The molecule has 1 N–H and O–H groups in total. The van der Waals surface area contributed by atoms with E-state index in [9.17, 15) is 22.0 Å². The number of nitrogens with zero attached hydrogens (tertiary/aromatic N) is 1. The van der Waals surface area contributed by atoms with Crippen molar-refractivity contribution in [2.75, 3.05) is 18.4 Å². The Morgan fingerprint density at radius 3 is 2.56 bits per heavy atom. The topological polar surface area (TPSA) is 66.5 Å². The summed E-state index contributed by atoms with van der Waals surface area (Å²) in [4.78, 5) is 12.6. The first-order chi connectivity index (χ1) is 12.8. The molecule has 0 bridgehead atoms. The second-order valence-electron chi connectivity index (χ2n) is 6.27. The molecule has 2 aromatic rings. The number of halogens is 3. The third-order valence-corrected chi connectivity index (χ3v) is 6.80. The molecule has 3 rings (SSSR count). The van der Waals surface area contributed by atoms with Gasteiger partial charge >= 0.3 is 0 Å². The summed E-state index contributed by atoms with van der Waals surface area (Å²) in [6, 6.07) is 9.03. The molecule has 1 aliphatic rings. The summed E-state index contributed by atoms with van der Waals surface area (Å²) in [6.07, 6.45) is 0.967. The van der Waals surface area contributed by atoms with Crippen LogP contribution in [0.25, 0.3) is 0 Å². The van der Waals surface area contributed by atoms with Crippen molar-refractivity contribution in [1.82, 2.24) is 4.31 Å². The lowest BCUT2D eigenvalue weighted by Crippen LogP contribution is -2.43. The Balaban J connectivity index is 1.74. The largest absolute Gasteiger partial charge is 0.323 e. The summed E-state index contributed by atoms with van der Waals surface area (Å²) in [7, 11) is -3.73. The molecule has 1 atom stereocenters. The molecule has 0 aromatic heterocycles. The molecule has 27 heavy (non-hydrogen) atoms. The Hall–Kier alpha value is -1.84. The fraction of sp³-hybridized carbons (Fsp3) is 0.278. The van der Waals surface area contributed by atoms with Crippen molar-refractivity contribution in [2.24, 2.45) is 5.92 Å². The van der Waals surface area contributed by atoms with Crippen molar-refractivity contribution in [1.29, 1.82) is 0 Å². The zero-order chi connectivity index (χ0) is 19.6. The fourth-order valence-electron chi connectivity index (χ4n) is 2.96. The van der Waals surface area contributed by atoms with E-state index in [-0.39, 0.29) is 17.1 Å². The third-order valence-electron chi connectivity index (χ3n) is 4.39. The molecule has 1 unspecified atom stereocenters. The predicted molar refractivity (Wildman–Crippen MR) is 101 cm³/mol. The van der Waals surface area contributed by atoms with Crippen molar-refractivity contribution in [3.8, 4) is 0 Å². The third kappa shape index (κ3) is 4.53. The lowest BCUT2D eigenvalue weighted by atomic mass is 9.98. The minimum atomic E-state index is -3.73. The van der Waals surface area contributed by atoms with Crippen molar-refractivity contribution in [3.05, 3.63) is 58.6 Å². The Kier molecular flexibility index (Phi) is 5.92. The van der Waals surface area contributed by atoms with Crippen LogP contribution < -0.4 is 5.32 Å². The van der Waals surface area contributed by atoms with Gasteiger partial charge in [0.25, 0.3) is 0 Å². The monoisotopic (exact) mass is 458 g/mol. The van der Waals surface area contributed by atoms with Crippen LogP contribution in [0.2, 0.25) is 0 Å². The number of sulfonamides is 1. The minimum Gasteiger partial charge on any atom is -0.323 e. The van der Waals surface area contributed by atoms with E-state index in [1.807, 2.05) is 0 Å². The molecule has 1 amide bonds. The maximum atomic E-state index is 13.7. The van der Waals surface area contributed by atoms with Gasteiger partial charge in [0.05, 0.1) is 16.5 Å². The number of carbonyl (C=O) groups is 1. The predicted octanol–water partition coefficient (Wildman–Crippen LogP) is 3.77. The van der Waals surface area contributed by atoms with Crippen molar-refractivity contribution in [2.45, 2.75) is 17.7 Å². The molecule has 9 heteroatoms. The molecule has 0 radical (unpaired) electrons. The average Bonchev–Trinajstić information content (AvgIpc) is 2.65. The van der Waals surface area contributed by atoms with Gasteiger partial charge in [-0.25, -0.2) is 17.2 Å². The van der Waals surface area contributed by atoms with Gasteiger partial charge in [-0.05, 0) is 49.2 Å². The molecular formula is C18H17BrF2N2O3S. The molecule has 5 nitrogen and oxygen atoms in total. The van der Waals surface area contributed by atoms with Crippen LogP contribution in [0.15, 0.2) is 51.8 Å². The van der Waals surface area contributed by atoms with Crippen LogP contribution >= 0.6 is 15.9 Å². The second-order valence-corrected chi connectivity index (χ2v) is 9.12. The van der Waals surface area contributed by atoms with Crippen LogP contribution in [0.3, 0.4) is 0 Å². The molecule has 1 aliphatic heterocycles. The van der Waals surface area contributed by atoms with Crippen LogP contribution in [-0.4, -0.2) is 31.7 Å². The van der Waals surface area contributed by atoms with E-state index < -0.39 is 33.5 Å². The molecule has 1 heterocycles. The van der Waals surface area contributed by atoms with Gasteiger partial charge in [0.2, 0.25) is 15.9 Å². The van der Waals surface area contributed by atoms with E-state index in [1.54, 1.807) is 12.1 Å². The molecule has 0 aliphatic carbocycles. The van der Waals surface area contributed by atoms with Crippen molar-refractivity contribution >= 4 is 37.5 Å². The van der Waals surface area contributed by atoms with Crippen LogP contribution in [0.5, 0.6) is 0 Å². The Morgan fingerprint density at radius 1 is 1.15 bits per heavy atom. The molecule has 2 aromatic carbocycles. The fourth-order valence-corrected chi connectivity index (χ4v) is 4.75. The van der Waals surface area contributed by atoms with Crippen LogP contribution in [0.1, 0.15) is 12.8 Å². The average molecular weight is 459 g/mol. The van der Waals surface area contributed by atoms with Gasteiger partial charge in [-0.2, -0.15) is 4.31 Å². The van der Waals surface area contributed by atoms with Gasteiger partial charge in [0.1, 0.15) is 11.6 Å². The number of nitrogens with one attached hydrogen (secondary N) is 1. The second kappa shape index (κ2) is 8.04. The number of hydrogen-bond donors (Lipinski definition) is 1. The number of rotatable bonds is 4. The first-order valence-corrected chi connectivity index (χ1v) is 10.5. The summed E-state index contributed by atoms with van der Waals surface area (Å²) >= 11 is 3.26. The number of anilines is 1. The summed E-state index contributed by atoms with van der Waals surface area (Å²) in [5.74, 6) is -2.60. The number of amides is 1. The van der Waals surface area contributed by atoms with Crippen molar-refractivity contribution in [3.63, 3.8) is 0 Å². The van der Waals surface area contributed by atoms with E-state index in [1.165, 1.54) is 16.4 Å². The highest BCUT2D eigenvalue weighted by Crippen LogP contribution is 2.26.